The summed E-state index contributed by atoms with van der Waals surface area (Å²) in [5, 5.41) is 16.3. The molecule has 0 aliphatic carbocycles. The van der Waals surface area contributed by atoms with Gasteiger partial charge in [-0.15, -0.1) is 0 Å². The normalized spacial score (nSPS) is 10.6. The molecule has 140 valence electrons. The first kappa shape index (κ1) is 18.8. The topological polar surface area (TPSA) is 90.8 Å². The number of para-hydroxylation sites is 1. The molecule has 0 unspecified atom stereocenters. The Morgan fingerprint density at radius 2 is 1.64 bits per heavy atom. The second kappa shape index (κ2) is 8.64. The van der Waals surface area contributed by atoms with Crippen molar-refractivity contribution in [2.45, 2.75) is 6.92 Å². The molecular formula is C22H19N3O3. The minimum absolute atomic E-state index is 0.0707. The van der Waals surface area contributed by atoms with Gasteiger partial charge in [0, 0.05) is 22.4 Å². The minimum atomic E-state index is -0.432. The highest BCUT2D eigenvalue weighted by molar-refractivity contribution is 6.05. The Bertz CT molecular complexity index is 1030. The summed E-state index contributed by atoms with van der Waals surface area (Å²) in [5.74, 6) is -0.616. The maximum absolute atomic E-state index is 12.3. The standard InChI is InChI=1S/C22H19N3O3/c1-15-9-11-16(12-10-15)21(27)24-19-7-4-6-17(13-19)22(28)25-23-14-18-5-2-3-8-20(18)26/h2-14,26H,1H3,(H,24,27)(H,25,28). The van der Waals surface area contributed by atoms with Crippen molar-refractivity contribution < 1.29 is 14.7 Å². The van der Waals surface area contributed by atoms with Crippen molar-refractivity contribution in [2.75, 3.05) is 5.32 Å². The van der Waals surface area contributed by atoms with Gasteiger partial charge >= 0.3 is 0 Å². The highest BCUT2D eigenvalue weighted by atomic mass is 16.3. The first-order valence-corrected chi connectivity index (χ1v) is 8.62. The summed E-state index contributed by atoms with van der Waals surface area (Å²) in [4.78, 5) is 24.6. The van der Waals surface area contributed by atoms with Crippen LogP contribution in [0.25, 0.3) is 0 Å². The molecule has 6 nitrogen and oxygen atoms in total. The number of hydrazone groups is 1. The summed E-state index contributed by atoms with van der Waals surface area (Å²) in [5.41, 5.74) is 5.34. The number of hydrogen-bond acceptors (Lipinski definition) is 4. The zero-order chi connectivity index (χ0) is 19.9. The molecule has 0 atom stereocenters. The smallest absolute Gasteiger partial charge is 0.271 e. The fourth-order valence-electron chi connectivity index (χ4n) is 2.47. The van der Waals surface area contributed by atoms with E-state index in [9.17, 15) is 14.7 Å². The van der Waals surface area contributed by atoms with Crippen molar-refractivity contribution >= 4 is 23.7 Å². The number of carbonyl (C=O) groups is 2. The summed E-state index contributed by atoms with van der Waals surface area (Å²) in [7, 11) is 0. The Morgan fingerprint density at radius 3 is 2.39 bits per heavy atom. The van der Waals surface area contributed by atoms with Crippen molar-refractivity contribution in [1.29, 1.82) is 0 Å². The van der Waals surface area contributed by atoms with Crippen LogP contribution in [0.1, 0.15) is 31.8 Å². The number of nitrogens with zero attached hydrogens (tertiary/aromatic N) is 1. The van der Waals surface area contributed by atoms with Gasteiger partial charge in [-0.3, -0.25) is 9.59 Å². The average molecular weight is 373 g/mol. The molecule has 6 heteroatoms. The number of hydrogen-bond donors (Lipinski definition) is 3. The second-order valence-corrected chi connectivity index (χ2v) is 6.16. The lowest BCUT2D eigenvalue weighted by Gasteiger charge is -2.07. The predicted octanol–water partition coefficient (Wildman–Crippen LogP) is 3.72. The van der Waals surface area contributed by atoms with Crippen LogP contribution in [0.3, 0.4) is 0 Å². The van der Waals surface area contributed by atoms with Crippen LogP contribution < -0.4 is 10.7 Å². The molecule has 0 fully saturated rings. The number of aromatic hydroxyl groups is 1. The van der Waals surface area contributed by atoms with Crippen LogP contribution in [0.4, 0.5) is 5.69 Å². The van der Waals surface area contributed by atoms with Crippen LogP contribution in [-0.2, 0) is 0 Å². The zero-order valence-corrected chi connectivity index (χ0v) is 15.2. The van der Waals surface area contributed by atoms with Crippen LogP contribution in [-0.4, -0.2) is 23.1 Å². The van der Waals surface area contributed by atoms with Crippen molar-refractivity contribution in [3.8, 4) is 5.75 Å². The van der Waals surface area contributed by atoms with E-state index in [-0.39, 0.29) is 11.7 Å². The zero-order valence-electron chi connectivity index (χ0n) is 15.2. The summed E-state index contributed by atoms with van der Waals surface area (Å²) in [6, 6.07) is 20.4. The van der Waals surface area contributed by atoms with Gasteiger partial charge in [-0.05, 0) is 49.4 Å². The van der Waals surface area contributed by atoms with Gasteiger partial charge in [-0.2, -0.15) is 5.10 Å². The molecule has 3 aromatic carbocycles. The van der Waals surface area contributed by atoms with E-state index in [0.29, 0.717) is 22.4 Å². The van der Waals surface area contributed by atoms with E-state index in [0.717, 1.165) is 5.56 Å². The summed E-state index contributed by atoms with van der Waals surface area (Å²) in [6.07, 6.45) is 1.36. The Hall–Kier alpha value is -3.93. The van der Waals surface area contributed by atoms with Gasteiger partial charge in [-0.25, -0.2) is 5.43 Å². The summed E-state index contributed by atoms with van der Waals surface area (Å²) >= 11 is 0. The van der Waals surface area contributed by atoms with Crippen LogP contribution >= 0.6 is 0 Å². The predicted molar refractivity (Wildman–Crippen MR) is 109 cm³/mol. The molecule has 0 bridgehead atoms. The molecular weight excluding hydrogens is 354 g/mol. The third-order valence-electron chi connectivity index (χ3n) is 4.00. The SMILES string of the molecule is Cc1ccc(C(=O)Nc2cccc(C(=O)NN=Cc3ccccc3O)c2)cc1. The van der Waals surface area contributed by atoms with E-state index in [1.54, 1.807) is 54.6 Å². The van der Waals surface area contributed by atoms with Gasteiger partial charge in [0.05, 0.1) is 6.21 Å². The summed E-state index contributed by atoms with van der Waals surface area (Å²) < 4.78 is 0. The lowest BCUT2D eigenvalue weighted by Crippen LogP contribution is -2.18. The Kier molecular flexibility index (Phi) is 5.81. The molecule has 0 aliphatic rings. The molecule has 0 spiro atoms. The number of rotatable bonds is 5. The highest BCUT2D eigenvalue weighted by Crippen LogP contribution is 2.14. The Morgan fingerprint density at radius 1 is 0.893 bits per heavy atom. The van der Waals surface area contributed by atoms with E-state index in [2.05, 4.69) is 15.8 Å². The van der Waals surface area contributed by atoms with Gasteiger partial charge < -0.3 is 10.4 Å². The van der Waals surface area contributed by atoms with E-state index in [4.69, 9.17) is 0 Å². The van der Waals surface area contributed by atoms with Crippen LogP contribution in [0, 0.1) is 6.92 Å². The van der Waals surface area contributed by atoms with Crippen LogP contribution in [0.2, 0.25) is 0 Å². The number of amides is 2. The first-order valence-electron chi connectivity index (χ1n) is 8.62. The number of aryl methyl sites for hydroxylation is 1. The van der Waals surface area contributed by atoms with Crippen LogP contribution in [0.15, 0.2) is 77.9 Å². The maximum Gasteiger partial charge on any atom is 0.271 e. The Balaban J connectivity index is 1.65. The number of phenols is 1. The highest BCUT2D eigenvalue weighted by Gasteiger charge is 2.09. The summed E-state index contributed by atoms with van der Waals surface area (Å²) in [6.45, 7) is 1.95. The molecule has 0 aromatic heterocycles. The van der Waals surface area contributed by atoms with Crippen molar-refractivity contribution in [2.24, 2.45) is 5.10 Å². The number of benzene rings is 3. The molecule has 3 rings (SSSR count). The molecule has 3 N–H and O–H groups in total. The minimum Gasteiger partial charge on any atom is -0.507 e. The van der Waals surface area contributed by atoms with Gasteiger partial charge in [-0.1, -0.05) is 35.9 Å². The number of carbonyl (C=O) groups excluding carboxylic acids is 2. The Labute approximate surface area is 162 Å². The van der Waals surface area contributed by atoms with Crippen molar-refractivity contribution in [3.05, 3.63) is 95.1 Å². The molecule has 0 radical (unpaired) electrons. The molecule has 0 saturated carbocycles. The van der Waals surface area contributed by atoms with Crippen molar-refractivity contribution in [3.63, 3.8) is 0 Å². The molecule has 0 aliphatic heterocycles. The quantitative estimate of drug-likeness (QED) is 0.470. The lowest BCUT2D eigenvalue weighted by atomic mass is 10.1. The van der Waals surface area contributed by atoms with Gasteiger partial charge in [0.25, 0.3) is 11.8 Å². The third-order valence-corrected chi connectivity index (χ3v) is 4.00. The van der Waals surface area contributed by atoms with Gasteiger partial charge in [0.15, 0.2) is 0 Å². The molecule has 2 amide bonds. The fourth-order valence-corrected chi connectivity index (χ4v) is 2.47. The van der Waals surface area contributed by atoms with E-state index in [1.165, 1.54) is 12.3 Å². The fraction of sp³-hybridized carbons (Fsp3) is 0.0455. The second-order valence-electron chi connectivity index (χ2n) is 6.16. The molecule has 0 saturated heterocycles. The molecule has 0 heterocycles. The number of phenolic OH excluding ortho intramolecular Hbond substituents is 1. The van der Waals surface area contributed by atoms with E-state index < -0.39 is 5.91 Å². The lowest BCUT2D eigenvalue weighted by molar-refractivity contribution is 0.0953. The third kappa shape index (κ3) is 4.82. The van der Waals surface area contributed by atoms with Gasteiger partial charge in [0.1, 0.15) is 5.75 Å². The van der Waals surface area contributed by atoms with Crippen molar-refractivity contribution in [1.82, 2.24) is 5.43 Å². The average Bonchev–Trinajstić information content (AvgIpc) is 2.70. The maximum atomic E-state index is 12.3. The number of anilines is 1. The van der Waals surface area contributed by atoms with E-state index >= 15 is 0 Å². The first-order chi connectivity index (χ1) is 13.5. The number of nitrogens with one attached hydrogen (secondary N) is 2. The van der Waals surface area contributed by atoms with Gasteiger partial charge in [0.2, 0.25) is 0 Å². The molecule has 3 aromatic rings. The monoisotopic (exact) mass is 373 g/mol. The molecule has 28 heavy (non-hydrogen) atoms. The van der Waals surface area contributed by atoms with Crippen LogP contribution in [0.5, 0.6) is 5.75 Å². The van der Waals surface area contributed by atoms with E-state index in [1.807, 2.05) is 19.1 Å². The largest absolute Gasteiger partial charge is 0.507 e.